The molecule has 1 aliphatic heterocycles. The Hall–Kier alpha value is -2.20. The van der Waals surface area contributed by atoms with Crippen molar-refractivity contribution in [1.29, 1.82) is 0 Å². The Morgan fingerprint density at radius 2 is 2.00 bits per heavy atom. The van der Waals surface area contributed by atoms with Gasteiger partial charge < -0.3 is 14.8 Å². The van der Waals surface area contributed by atoms with Gasteiger partial charge in [0.05, 0.1) is 25.2 Å². The Labute approximate surface area is 140 Å². The van der Waals surface area contributed by atoms with Crippen LogP contribution in [-0.2, 0) is 11.2 Å². The maximum atomic E-state index is 12.4. The number of ether oxygens (including phenoxy) is 2. The minimum atomic E-state index is -0.223. The third kappa shape index (κ3) is 2.75. The second-order valence-electron chi connectivity index (χ2n) is 5.60. The van der Waals surface area contributed by atoms with Crippen LogP contribution in [0.5, 0.6) is 11.5 Å². The molecule has 0 saturated heterocycles. The van der Waals surface area contributed by atoms with Gasteiger partial charge in [-0.1, -0.05) is 29.8 Å². The van der Waals surface area contributed by atoms with Crippen molar-refractivity contribution < 1.29 is 14.3 Å². The molecule has 1 heterocycles. The molecule has 0 spiro atoms. The number of rotatable bonds is 4. The number of methoxy groups -OCH3 is 2. The van der Waals surface area contributed by atoms with Gasteiger partial charge in [-0.15, -0.1) is 0 Å². The number of nitrogens with one attached hydrogen (secondary N) is 1. The van der Waals surface area contributed by atoms with Crippen LogP contribution in [0.2, 0.25) is 5.02 Å². The molecule has 0 saturated carbocycles. The second-order valence-corrected chi connectivity index (χ2v) is 6.01. The first-order valence-electron chi connectivity index (χ1n) is 7.36. The molecule has 1 N–H and O–H groups in total. The molecule has 0 radical (unpaired) electrons. The number of carbonyl (C=O) groups is 1. The van der Waals surface area contributed by atoms with Crippen molar-refractivity contribution >= 4 is 23.2 Å². The summed E-state index contributed by atoms with van der Waals surface area (Å²) >= 11 is 6.26. The van der Waals surface area contributed by atoms with Crippen LogP contribution in [-0.4, -0.2) is 20.1 Å². The summed E-state index contributed by atoms with van der Waals surface area (Å²) in [6.07, 6.45) is 0.558. The number of benzene rings is 2. The summed E-state index contributed by atoms with van der Waals surface area (Å²) in [5, 5.41) is 3.45. The molecule has 3 rings (SSSR count). The molecule has 2 aromatic carbocycles. The molecule has 0 aliphatic carbocycles. The second kappa shape index (κ2) is 6.13. The topological polar surface area (TPSA) is 47.6 Å². The SMILES string of the molecule is COc1cc(C[C@@H]2C(=O)Nc3c(C)cccc32)cc(Cl)c1OC. The molecule has 2 aromatic rings. The molecule has 0 unspecified atom stereocenters. The van der Waals surface area contributed by atoms with Gasteiger partial charge >= 0.3 is 0 Å². The molecule has 1 atom stereocenters. The summed E-state index contributed by atoms with van der Waals surface area (Å²) < 4.78 is 10.6. The van der Waals surface area contributed by atoms with E-state index in [1.54, 1.807) is 14.2 Å². The van der Waals surface area contributed by atoms with Crippen molar-refractivity contribution in [3.63, 3.8) is 0 Å². The molecule has 5 heteroatoms. The smallest absolute Gasteiger partial charge is 0.232 e. The first-order valence-corrected chi connectivity index (χ1v) is 7.73. The standard InChI is InChI=1S/C18H18ClNO3/c1-10-5-4-6-12-13(18(21)20-16(10)12)7-11-8-14(19)17(23-3)15(9-11)22-2/h4-6,8-9,13H,7H2,1-3H3,(H,20,21)/t13-/m0/s1. The number of aryl methyl sites for hydroxylation is 1. The fourth-order valence-corrected chi connectivity index (χ4v) is 3.34. The zero-order valence-corrected chi connectivity index (χ0v) is 14.0. The van der Waals surface area contributed by atoms with Gasteiger partial charge in [0.25, 0.3) is 0 Å². The molecule has 1 amide bonds. The minimum absolute atomic E-state index is 0.0141. The van der Waals surface area contributed by atoms with Crippen LogP contribution in [0.15, 0.2) is 30.3 Å². The van der Waals surface area contributed by atoms with Crippen molar-refractivity contribution in [2.24, 2.45) is 0 Å². The number of carbonyl (C=O) groups excluding carboxylic acids is 1. The number of fused-ring (bicyclic) bond motifs is 1. The summed E-state index contributed by atoms with van der Waals surface area (Å²) in [7, 11) is 3.12. The highest BCUT2D eigenvalue weighted by atomic mass is 35.5. The van der Waals surface area contributed by atoms with Crippen LogP contribution in [0.1, 0.15) is 22.6 Å². The van der Waals surface area contributed by atoms with E-state index in [0.29, 0.717) is 22.9 Å². The molecular weight excluding hydrogens is 314 g/mol. The van der Waals surface area contributed by atoms with E-state index in [2.05, 4.69) is 5.32 Å². The molecule has 0 bridgehead atoms. The van der Waals surface area contributed by atoms with E-state index >= 15 is 0 Å². The third-order valence-corrected chi connectivity index (χ3v) is 4.46. The number of hydrogen-bond donors (Lipinski definition) is 1. The maximum Gasteiger partial charge on any atom is 0.232 e. The fraction of sp³-hybridized carbons (Fsp3) is 0.278. The summed E-state index contributed by atoms with van der Waals surface area (Å²) in [4.78, 5) is 12.4. The van der Waals surface area contributed by atoms with E-state index in [9.17, 15) is 4.79 Å². The maximum absolute atomic E-state index is 12.4. The Morgan fingerprint density at radius 3 is 2.70 bits per heavy atom. The Kier molecular flexibility index (Phi) is 4.18. The molecule has 23 heavy (non-hydrogen) atoms. The quantitative estimate of drug-likeness (QED) is 0.923. The van der Waals surface area contributed by atoms with Gasteiger partial charge in [-0.25, -0.2) is 0 Å². The van der Waals surface area contributed by atoms with Gasteiger partial charge in [-0.2, -0.15) is 0 Å². The van der Waals surface area contributed by atoms with Crippen LogP contribution in [0.3, 0.4) is 0 Å². The lowest BCUT2D eigenvalue weighted by Gasteiger charge is -2.14. The molecule has 4 nitrogen and oxygen atoms in total. The Bertz CT molecular complexity index is 773. The van der Waals surface area contributed by atoms with E-state index in [1.165, 1.54) is 0 Å². The van der Waals surface area contributed by atoms with Gasteiger partial charge in [-0.3, -0.25) is 4.79 Å². The largest absolute Gasteiger partial charge is 0.493 e. The summed E-state index contributed by atoms with van der Waals surface area (Å²) in [5.41, 5.74) is 3.96. The van der Waals surface area contributed by atoms with Gasteiger partial charge in [0.2, 0.25) is 5.91 Å². The van der Waals surface area contributed by atoms with Gasteiger partial charge in [0.1, 0.15) is 0 Å². The summed E-state index contributed by atoms with van der Waals surface area (Å²) in [5.74, 6) is 0.863. The summed E-state index contributed by atoms with van der Waals surface area (Å²) in [6.45, 7) is 1.99. The average molecular weight is 332 g/mol. The zero-order valence-electron chi connectivity index (χ0n) is 13.3. The highest BCUT2D eigenvalue weighted by Crippen LogP contribution is 2.40. The molecule has 1 aliphatic rings. The van der Waals surface area contributed by atoms with E-state index < -0.39 is 0 Å². The Balaban J connectivity index is 1.96. The molecule has 0 fully saturated rings. The van der Waals surface area contributed by atoms with E-state index in [0.717, 1.165) is 22.4 Å². The van der Waals surface area contributed by atoms with Crippen molar-refractivity contribution in [1.82, 2.24) is 0 Å². The average Bonchev–Trinajstić information content (AvgIpc) is 2.84. The van der Waals surface area contributed by atoms with E-state index in [1.807, 2.05) is 37.3 Å². The lowest BCUT2D eigenvalue weighted by Crippen LogP contribution is -2.14. The third-order valence-electron chi connectivity index (χ3n) is 4.18. The van der Waals surface area contributed by atoms with E-state index in [-0.39, 0.29) is 11.8 Å². The normalized spacial score (nSPS) is 16.0. The van der Waals surface area contributed by atoms with Crippen LogP contribution >= 0.6 is 11.6 Å². The first-order chi connectivity index (χ1) is 11.0. The fourth-order valence-electron chi connectivity index (χ4n) is 3.03. The van der Waals surface area contributed by atoms with Crippen molar-refractivity contribution in [2.75, 3.05) is 19.5 Å². The van der Waals surface area contributed by atoms with Crippen LogP contribution in [0.25, 0.3) is 0 Å². The van der Waals surface area contributed by atoms with E-state index in [4.69, 9.17) is 21.1 Å². The minimum Gasteiger partial charge on any atom is -0.493 e. The predicted octanol–water partition coefficient (Wildman–Crippen LogP) is 3.94. The van der Waals surface area contributed by atoms with Crippen molar-refractivity contribution in [3.05, 3.63) is 52.0 Å². The van der Waals surface area contributed by atoms with Gasteiger partial charge in [-0.05, 0) is 42.2 Å². The number of amides is 1. The lowest BCUT2D eigenvalue weighted by atomic mass is 9.92. The zero-order chi connectivity index (χ0) is 16.6. The number of anilines is 1. The Morgan fingerprint density at radius 1 is 1.22 bits per heavy atom. The first kappa shape index (κ1) is 15.7. The highest BCUT2D eigenvalue weighted by molar-refractivity contribution is 6.32. The van der Waals surface area contributed by atoms with Crippen LogP contribution in [0, 0.1) is 6.92 Å². The van der Waals surface area contributed by atoms with Crippen molar-refractivity contribution in [2.45, 2.75) is 19.3 Å². The van der Waals surface area contributed by atoms with Crippen LogP contribution < -0.4 is 14.8 Å². The van der Waals surface area contributed by atoms with Crippen LogP contribution in [0.4, 0.5) is 5.69 Å². The monoisotopic (exact) mass is 331 g/mol. The molecular formula is C18H18ClNO3. The lowest BCUT2D eigenvalue weighted by molar-refractivity contribution is -0.117. The molecule has 0 aromatic heterocycles. The van der Waals surface area contributed by atoms with Crippen molar-refractivity contribution in [3.8, 4) is 11.5 Å². The van der Waals surface area contributed by atoms with Gasteiger partial charge in [0, 0.05) is 5.69 Å². The number of hydrogen-bond acceptors (Lipinski definition) is 3. The van der Waals surface area contributed by atoms with Gasteiger partial charge in [0.15, 0.2) is 11.5 Å². The molecule has 120 valence electrons. The summed E-state index contributed by atoms with van der Waals surface area (Å²) in [6, 6.07) is 9.65. The number of para-hydroxylation sites is 1. The number of halogens is 1. The predicted molar refractivity (Wildman–Crippen MR) is 90.8 cm³/mol. The highest BCUT2D eigenvalue weighted by Gasteiger charge is 2.31.